The van der Waals surface area contributed by atoms with Crippen LogP contribution >= 0.6 is 22.7 Å². The van der Waals surface area contributed by atoms with Crippen LogP contribution < -0.4 is 0 Å². The standard InChI is InChI=1S/C18H26N2O6S.C16H24N2O5S/c1-11(21)25-12-8-14(20(10-12)17(23)26-18(2,3)4)16-19-9-13(27-16)6-7-15(22)24-5;1-16(2,3)23-15(21)18-9-10(19)7-12(18)14-17-8-11(24-14)5-6-13(20)22-4/h9,12,14H,6-8,10H2,1-5H3;8,10,12,19H,5-7,9H2,1-4H3/t12-,14+;10-,12+/m11/s1. The predicted molar refractivity (Wildman–Crippen MR) is 187 cm³/mol. The molecule has 4 atom stereocenters. The van der Waals surface area contributed by atoms with Crippen molar-refractivity contribution < 1.29 is 52.8 Å². The average Bonchev–Trinajstić information content (AvgIpc) is 3.83. The number of rotatable bonds is 9. The number of aliphatic hydroxyl groups excluding tert-OH is 1. The molecule has 1 N–H and O–H groups in total. The second kappa shape index (κ2) is 18.1. The molecule has 0 bridgehead atoms. The van der Waals surface area contributed by atoms with Crippen LogP contribution in [-0.4, -0.2) is 106 Å². The Morgan fingerprint density at radius 1 is 0.765 bits per heavy atom. The first-order valence-corrected chi connectivity index (χ1v) is 18.3. The molecular formula is C34H50N4O11S2. The van der Waals surface area contributed by atoms with Gasteiger partial charge in [0.25, 0.3) is 0 Å². The number of nitrogens with zero attached hydrogens (tertiary/aromatic N) is 4. The molecule has 15 nitrogen and oxygen atoms in total. The molecule has 0 unspecified atom stereocenters. The molecule has 0 aromatic carbocycles. The average molecular weight is 755 g/mol. The van der Waals surface area contributed by atoms with Gasteiger partial charge in [-0.1, -0.05) is 0 Å². The lowest BCUT2D eigenvalue weighted by atomic mass is 10.2. The van der Waals surface area contributed by atoms with Crippen molar-refractivity contribution in [2.45, 2.75) is 122 Å². The topological polar surface area (TPSA) is 184 Å². The number of thiazole rings is 2. The summed E-state index contributed by atoms with van der Waals surface area (Å²) in [4.78, 5) is 72.6. The fraction of sp³-hybridized carbons (Fsp3) is 0.676. The Bertz CT molecular complexity index is 1510. The number of likely N-dealkylation sites (tertiary alicyclic amines) is 2. The summed E-state index contributed by atoms with van der Waals surface area (Å²) in [6.07, 6.45) is 4.04. The largest absolute Gasteiger partial charge is 0.469 e. The fourth-order valence-corrected chi connectivity index (χ4v) is 7.37. The van der Waals surface area contributed by atoms with E-state index in [0.29, 0.717) is 32.1 Å². The first-order valence-electron chi connectivity index (χ1n) is 16.7. The molecule has 2 aromatic rings. The Hall–Kier alpha value is -3.83. The third-order valence-corrected chi connectivity index (χ3v) is 9.77. The van der Waals surface area contributed by atoms with Crippen molar-refractivity contribution in [2.75, 3.05) is 27.3 Å². The third-order valence-electron chi connectivity index (χ3n) is 7.45. The molecule has 0 aliphatic carbocycles. The molecule has 2 saturated heterocycles. The van der Waals surface area contributed by atoms with Crippen LogP contribution in [0.4, 0.5) is 9.59 Å². The number of carbonyl (C=O) groups is 5. The van der Waals surface area contributed by atoms with Gasteiger partial charge in [0.1, 0.15) is 27.3 Å². The highest BCUT2D eigenvalue weighted by atomic mass is 32.1. The SMILES string of the molecule is COC(=O)CCc1cnc([C@@H]2C[C@@H](O)CN2C(=O)OC(C)(C)C)s1.COC(=O)CCc1cnc([C@@H]2C[C@@H](OC(C)=O)CN2C(=O)OC(C)(C)C)s1. The van der Waals surface area contributed by atoms with E-state index >= 15 is 0 Å². The highest BCUT2D eigenvalue weighted by Gasteiger charge is 2.42. The Kier molecular flexibility index (Phi) is 14.7. The molecule has 284 valence electrons. The van der Waals surface area contributed by atoms with Crippen LogP contribution in [0.3, 0.4) is 0 Å². The maximum absolute atomic E-state index is 12.6. The van der Waals surface area contributed by atoms with Crippen LogP contribution in [0.25, 0.3) is 0 Å². The van der Waals surface area contributed by atoms with E-state index in [9.17, 15) is 29.1 Å². The van der Waals surface area contributed by atoms with Crippen LogP contribution in [0.2, 0.25) is 0 Å². The zero-order chi connectivity index (χ0) is 38.1. The van der Waals surface area contributed by atoms with Crippen LogP contribution in [0.15, 0.2) is 12.4 Å². The highest BCUT2D eigenvalue weighted by Crippen LogP contribution is 2.38. The summed E-state index contributed by atoms with van der Waals surface area (Å²) in [5.41, 5.74) is -1.22. The van der Waals surface area contributed by atoms with E-state index in [0.717, 1.165) is 19.8 Å². The van der Waals surface area contributed by atoms with Crippen LogP contribution in [0.5, 0.6) is 0 Å². The van der Waals surface area contributed by atoms with Gasteiger partial charge in [-0.2, -0.15) is 0 Å². The molecule has 2 fully saturated rings. The number of esters is 3. The van der Waals surface area contributed by atoms with E-state index in [1.807, 2.05) is 0 Å². The van der Waals surface area contributed by atoms with Crippen LogP contribution in [0.1, 0.15) is 106 Å². The van der Waals surface area contributed by atoms with Crippen LogP contribution in [0, 0.1) is 0 Å². The van der Waals surface area contributed by atoms with Gasteiger partial charge in [0.05, 0.1) is 58.3 Å². The Morgan fingerprint density at radius 2 is 1.20 bits per heavy atom. The first kappa shape index (κ1) is 41.6. The first-order chi connectivity index (χ1) is 23.8. The molecule has 17 heteroatoms. The lowest BCUT2D eigenvalue weighted by molar-refractivity contribution is -0.146. The number of aryl methyl sites for hydroxylation is 2. The van der Waals surface area contributed by atoms with E-state index in [2.05, 4.69) is 19.4 Å². The molecule has 4 heterocycles. The highest BCUT2D eigenvalue weighted by molar-refractivity contribution is 7.12. The number of methoxy groups -OCH3 is 2. The number of carbonyl (C=O) groups excluding carboxylic acids is 5. The Labute approximate surface area is 306 Å². The van der Waals surface area contributed by atoms with Gasteiger partial charge in [-0.15, -0.1) is 22.7 Å². The van der Waals surface area contributed by atoms with Gasteiger partial charge < -0.3 is 28.8 Å². The molecule has 2 aromatic heterocycles. The zero-order valence-corrected chi connectivity index (χ0v) is 32.4. The summed E-state index contributed by atoms with van der Waals surface area (Å²) in [6, 6.07) is -0.632. The summed E-state index contributed by atoms with van der Waals surface area (Å²) in [7, 11) is 2.71. The number of ether oxygens (including phenoxy) is 5. The second-order valence-corrected chi connectivity index (χ2v) is 16.4. The summed E-state index contributed by atoms with van der Waals surface area (Å²) >= 11 is 2.88. The number of amides is 2. The molecule has 0 spiro atoms. The van der Waals surface area contributed by atoms with Crippen molar-refractivity contribution >= 4 is 52.8 Å². The quantitative estimate of drug-likeness (QED) is 0.262. The monoisotopic (exact) mass is 754 g/mol. The molecule has 2 aliphatic rings. The molecule has 0 radical (unpaired) electrons. The normalized spacial score (nSPS) is 20.3. The van der Waals surface area contributed by atoms with E-state index in [1.165, 1.54) is 48.7 Å². The minimum Gasteiger partial charge on any atom is -0.469 e. The maximum atomic E-state index is 12.6. The van der Waals surface area contributed by atoms with Gasteiger partial charge in [-0.25, -0.2) is 19.6 Å². The summed E-state index contributed by atoms with van der Waals surface area (Å²) < 4.78 is 25.5. The van der Waals surface area contributed by atoms with Crippen molar-refractivity contribution in [3.8, 4) is 0 Å². The van der Waals surface area contributed by atoms with Gasteiger partial charge in [0.2, 0.25) is 0 Å². The molecule has 0 saturated carbocycles. The predicted octanol–water partition coefficient (Wildman–Crippen LogP) is 5.15. The van der Waals surface area contributed by atoms with Gasteiger partial charge in [-0.05, 0) is 54.4 Å². The zero-order valence-electron chi connectivity index (χ0n) is 30.8. The van der Waals surface area contributed by atoms with Crippen molar-refractivity contribution in [3.05, 3.63) is 32.2 Å². The van der Waals surface area contributed by atoms with Crippen LogP contribution in [-0.2, 0) is 50.9 Å². The fourth-order valence-electron chi connectivity index (χ4n) is 5.28. The number of β-amino-alcohol motifs (C(OH)–C–C–N with tert-alkyl or cyclic N) is 1. The van der Waals surface area contributed by atoms with Crippen molar-refractivity contribution in [2.24, 2.45) is 0 Å². The number of aromatic nitrogens is 2. The van der Waals surface area contributed by atoms with Crippen molar-refractivity contribution in [1.29, 1.82) is 0 Å². The molecule has 2 amide bonds. The summed E-state index contributed by atoms with van der Waals surface area (Å²) in [5, 5.41) is 11.4. The van der Waals surface area contributed by atoms with E-state index in [1.54, 1.807) is 58.8 Å². The third kappa shape index (κ3) is 13.3. The van der Waals surface area contributed by atoms with Crippen molar-refractivity contribution in [1.82, 2.24) is 19.8 Å². The number of aliphatic hydroxyl groups is 1. The van der Waals surface area contributed by atoms with Gasteiger partial charge in [-0.3, -0.25) is 24.2 Å². The molecule has 51 heavy (non-hydrogen) atoms. The smallest absolute Gasteiger partial charge is 0.411 e. The minimum absolute atomic E-state index is 0.233. The summed E-state index contributed by atoms with van der Waals surface area (Å²) in [6.45, 7) is 12.7. The molecular weight excluding hydrogens is 705 g/mol. The number of hydrogen-bond acceptors (Lipinski definition) is 15. The lowest BCUT2D eigenvalue weighted by Gasteiger charge is -2.27. The summed E-state index contributed by atoms with van der Waals surface area (Å²) in [5.74, 6) is -0.935. The van der Waals surface area contributed by atoms with Crippen molar-refractivity contribution in [3.63, 3.8) is 0 Å². The second-order valence-electron chi connectivity index (χ2n) is 14.1. The minimum atomic E-state index is -0.629. The van der Waals surface area contributed by atoms with E-state index < -0.39 is 35.6 Å². The Morgan fingerprint density at radius 3 is 1.61 bits per heavy atom. The van der Waals surface area contributed by atoms with E-state index in [-0.39, 0.29) is 49.5 Å². The lowest BCUT2D eigenvalue weighted by Crippen LogP contribution is -2.37. The Balaban J connectivity index is 0.000000277. The molecule has 4 rings (SSSR count). The van der Waals surface area contributed by atoms with E-state index in [4.69, 9.17) is 14.2 Å². The van der Waals surface area contributed by atoms with Gasteiger partial charge >= 0.3 is 30.1 Å². The molecule has 2 aliphatic heterocycles. The maximum Gasteiger partial charge on any atom is 0.411 e. The van der Waals surface area contributed by atoms with Gasteiger partial charge in [0.15, 0.2) is 0 Å². The number of hydrogen-bond donors (Lipinski definition) is 1. The van der Waals surface area contributed by atoms with Gasteiger partial charge in [0, 0.05) is 41.9 Å².